The van der Waals surface area contributed by atoms with Crippen molar-refractivity contribution in [2.75, 3.05) is 19.5 Å². The van der Waals surface area contributed by atoms with Crippen LogP contribution in [-0.4, -0.2) is 46.1 Å². The van der Waals surface area contributed by atoms with Gasteiger partial charge in [-0.05, 0) is 37.1 Å². The number of aromatic nitrogens is 3. The number of carbonyl (C=O) groups excluding carboxylic acids is 1. The molecular weight excluding hydrogens is 378 g/mol. The predicted octanol–water partition coefficient (Wildman–Crippen LogP) is 3.70. The minimum atomic E-state index is 0.00937. The van der Waals surface area contributed by atoms with E-state index in [9.17, 15) is 4.79 Å². The molecule has 1 saturated heterocycles. The Morgan fingerprint density at radius 2 is 2.25 bits per heavy atom. The van der Waals surface area contributed by atoms with Gasteiger partial charge in [0.05, 0.1) is 31.8 Å². The third kappa shape index (κ3) is 4.13. The van der Waals surface area contributed by atoms with Gasteiger partial charge in [0.1, 0.15) is 5.75 Å². The van der Waals surface area contributed by atoms with Gasteiger partial charge in [-0.3, -0.25) is 9.36 Å². The molecule has 4 rings (SSSR count). The van der Waals surface area contributed by atoms with Crippen LogP contribution in [0.5, 0.6) is 5.75 Å². The molecule has 0 saturated carbocycles. The number of benzene rings is 1. The summed E-state index contributed by atoms with van der Waals surface area (Å²) in [6.07, 6.45) is 3.79. The van der Waals surface area contributed by atoms with E-state index in [1.165, 1.54) is 11.8 Å². The number of hydrogen-bond acceptors (Lipinski definition) is 7. The molecule has 0 amide bonds. The molecule has 1 aromatic carbocycles. The first kappa shape index (κ1) is 18.8. The summed E-state index contributed by atoms with van der Waals surface area (Å²) in [7, 11) is 1.59. The van der Waals surface area contributed by atoms with Gasteiger partial charge in [-0.2, -0.15) is 0 Å². The van der Waals surface area contributed by atoms with E-state index in [1.807, 2.05) is 28.8 Å². The third-order valence-electron chi connectivity index (χ3n) is 4.59. The molecule has 1 aliphatic rings. The largest absolute Gasteiger partial charge is 0.497 e. The Bertz CT molecular complexity index is 933. The number of nitrogens with zero attached hydrogens (tertiary/aromatic N) is 3. The van der Waals surface area contributed by atoms with Crippen molar-refractivity contribution in [1.29, 1.82) is 0 Å². The van der Waals surface area contributed by atoms with Crippen molar-refractivity contribution >= 4 is 17.5 Å². The molecule has 0 unspecified atom stereocenters. The summed E-state index contributed by atoms with van der Waals surface area (Å²) in [5.41, 5.74) is 0.614. The molecule has 0 aliphatic carbocycles. The molecule has 1 fully saturated rings. The highest BCUT2D eigenvalue weighted by Gasteiger charge is 2.23. The van der Waals surface area contributed by atoms with Gasteiger partial charge in [-0.15, -0.1) is 10.2 Å². The molecule has 0 spiro atoms. The first-order valence-corrected chi connectivity index (χ1v) is 10.1. The standard InChI is InChI=1S/C20H21N3O4S/c1-25-15-6-2-5-14(11-15)17(24)13-28-20-22-21-19(18-8-4-10-27-18)23(20)12-16-7-3-9-26-16/h2,4-6,8,10-11,16H,3,7,9,12-13H2,1H3/t16-/m1/s1. The van der Waals surface area contributed by atoms with Gasteiger partial charge in [0, 0.05) is 12.2 Å². The smallest absolute Gasteiger partial charge is 0.200 e. The van der Waals surface area contributed by atoms with E-state index in [0.29, 0.717) is 34.6 Å². The summed E-state index contributed by atoms with van der Waals surface area (Å²) in [6.45, 7) is 1.42. The molecule has 1 atom stereocenters. The van der Waals surface area contributed by atoms with E-state index >= 15 is 0 Å². The fourth-order valence-corrected chi connectivity index (χ4v) is 3.99. The van der Waals surface area contributed by atoms with Crippen molar-refractivity contribution in [2.24, 2.45) is 0 Å². The molecule has 0 bridgehead atoms. The molecule has 8 heteroatoms. The molecule has 2 aromatic heterocycles. The highest BCUT2D eigenvalue weighted by atomic mass is 32.2. The molecule has 3 aromatic rings. The summed E-state index contributed by atoms with van der Waals surface area (Å²) in [4.78, 5) is 12.6. The zero-order chi connectivity index (χ0) is 19.3. The summed E-state index contributed by atoms with van der Waals surface area (Å²) < 4.78 is 18.5. The van der Waals surface area contributed by atoms with Gasteiger partial charge < -0.3 is 13.9 Å². The molecule has 3 heterocycles. The summed E-state index contributed by atoms with van der Waals surface area (Å²) in [6, 6.07) is 10.8. The number of hydrogen-bond donors (Lipinski definition) is 0. The van der Waals surface area contributed by atoms with E-state index < -0.39 is 0 Å². The fourth-order valence-electron chi connectivity index (χ4n) is 3.15. The number of carbonyl (C=O) groups is 1. The van der Waals surface area contributed by atoms with Gasteiger partial charge in [-0.1, -0.05) is 23.9 Å². The second-order valence-corrected chi connectivity index (χ2v) is 7.42. The Hall–Kier alpha value is -2.58. The number of ketones is 1. The molecule has 0 N–H and O–H groups in total. The quantitative estimate of drug-likeness (QED) is 0.422. The molecular formula is C20H21N3O4S. The van der Waals surface area contributed by atoms with Crippen LogP contribution in [0.1, 0.15) is 23.2 Å². The van der Waals surface area contributed by atoms with Crippen LogP contribution in [0.2, 0.25) is 0 Å². The molecule has 1 aliphatic heterocycles. The van der Waals surface area contributed by atoms with Crippen molar-refractivity contribution in [3.05, 3.63) is 48.2 Å². The van der Waals surface area contributed by atoms with Crippen LogP contribution in [0.15, 0.2) is 52.2 Å². The summed E-state index contributed by atoms with van der Waals surface area (Å²) in [5, 5.41) is 9.27. The Morgan fingerprint density at radius 1 is 1.32 bits per heavy atom. The minimum Gasteiger partial charge on any atom is -0.497 e. The van der Waals surface area contributed by atoms with Crippen molar-refractivity contribution in [2.45, 2.75) is 30.6 Å². The van der Waals surface area contributed by atoms with Crippen LogP contribution in [0.25, 0.3) is 11.6 Å². The Kier molecular flexibility index (Phi) is 5.78. The van der Waals surface area contributed by atoms with Crippen molar-refractivity contribution < 1.29 is 18.7 Å². The highest BCUT2D eigenvalue weighted by Crippen LogP contribution is 2.27. The minimum absolute atomic E-state index is 0.00937. The fraction of sp³-hybridized carbons (Fsp3) is 0.350. The zero-order valence-corrected chi connectivity index (χ0v) is 16.4. The van der Waals surface area contributed by atoms with Crippen molar-refractivity contribution in [3.63, 3.8) is 0 Å². The van der Waals surface area contributed by atoms with E-state index in [2.05, 4.69) is 10.2 Å². The summed E-state index contributed by atoms with van der Waals surface area (Å²) >= 11 is 1.37. The number of Topliss-reactive ketones (excluding diaryl/α,β-unsaturated/α-hetero) is 1. The van der Waals surface area contributed by atoms with Crippen molar-refractivity contribution in [1.82, 2.24) is 14.8 Å². The number of methoxy groups -OCH3 is 1. The lowest BCUT2D eigenvalue weighted by molar-refractivity contribution is 0.0952. The summed E-state index contributed by atoms with van der Waals surface area (Å²) in [5.74, 6) is 2.23. The number of furan rings is 1. The number of thioether (sulfide) groups is 1. The van der Waals surface area contributed by atoms with Gasteiger partial charge in [0.15, 0.2) is 16.7 Å². The third-order valence-corrected chi connectivity index (χ3v) is 5.56. The maximum absolute atomic E-state index is 12.6. The average Bonchev–Trinajstić information content (AvgIpc) is 3.49. The van der Waals surface area contributed by atoms with Gasteiger partial charge in [0.25, 0.3) is 0 Å². The van der Waals surface area contributed by atoms with Gasteiger partial charge >= 0.3 is 0 Å². The molecule has 7 nitrogen and oxygen atoms in total. The van der Waals surface area contributed by atoms with Gasteiger partial charge in [-0.25, -0.2) is 0 Å². The zero-order valence-electron chi connectivity index (χ0n) is 15.5. The van der Waals surface area contributed by atoms with Crippen LogP contribution in [-0.2, 0) is 11.3 Å². The van der Waals surface area contributed by atoms with Crippen LogP contribution in [0, 0.1) is 0 Å². The maximum atomic E-state index is 12.6. The van der Waals surface area contributed by atoms with E-state index in [4.69, 9.17) is 13.9 Å². The Labute approximate surface area is 167 Å². The van der Waals surface area contributed by atoms with Crippen LogP contribution < -0.4 is 4.74 Å². The van der Waals surface area contributed by atoms with Crippen LogP contribution in [0.3, 0.4) is 0 Å². The topological polar surface area (TPSA) is 79.4 Å². The first-order valence-electron chi connectivity index (χ1n) is 9.13. The lowest BCUT2D eigenvalue weighted by atomic mass is 10.1. The monoisotopic (exact) mass is 399 g/mol. The van der Waals surface area contributed by atoms with Crippen LogP contribution in [0.4, 0.5) is 0 Å². The molecule has 28 heavy (non-hydrogen) atoms. The average molecular weight is 399 g/mol. The van der Waals surface area contributed by atoms with E-state index in [0.717, 1.165) is 19.4 Å². The predicted molar refractivity (Wildman–Crippen MR) is 105 cm³/mol. The van der Waals surface area contributed by atoms with Crippen LogP contribution >= 0.6 is 11.8 Å². The van der Waals surface area contributed by atoms with E-state index in [1.54, 1.807) is 25.5 Å². The normalized spacial score (nSPS) is 16.4. The number of ether oxygens (including phenoxy) is 2. The van der Waals surface area contributed by atoms with E-state index in [-0.39, 0.29) is 17.6 Å². The van der Waals surface area contributed by atoms with Crippen molar-refractivity contribution in [3.8, 4) is 17.3 Å². The Balaban J connectivity index is 1.52. The van der Waals surface area contributed by atoms with Gasteiger partial charge in [0.2, 0.25) is 5.82 Å². The number of rotatable bonds is 8. The second kappa shape index (κ2) is 8.62. The second-order valence-electron chi connectivity index (χ2n) is 6.47. The molecule has 0 radical (unpaired) electrons. The SMILES string of the molecule is COc1cccc(C(=O)CSc2nnc(-c3ccco3)n2C[C@H]2CCCO2)c1. The first-order chi connectivity index (χ1) is 13.7. The lowest BCUT2D eigenvalue weighted by Gasteiger charge is -2.13. The highest BCUT2D eigenvalue weighted by molar-refractivity contribution is 7.99. The lowest BCUT2D eigenvalue weighted by Crippen LogP contribution is -2.17. The maximum Gasteiger partial charge on any atom is 0.200 e. The Morgan fingerprint density at radius 3 is 3.00 bits per heavy atom. The molecule has 146 valence electrons.